The van der Waals surface area contributed by atoms with Crippen molar-refractivity contribution in [1.82, 2.24) is 0 Å². The predicted molar refractivity (Wildman–Crippen MR) is 115 cm³/mol. The summed E-state index contributed by atoms with van der Waals surface area (Å²) in [5.74, 6) is 0.333. The molecule has 0 atom stereocenters. The Morgan fingerprint density at radius 2 is 0.967 bits per heavy atom. The first kappa shape index (κ1) is 21.4. The Morgan fingerprint density at radius 1 is 0.633 bits per heavy atom. The zero-order chi connectivity index (χ0) is 21.3. The fourth-order valence-electron chi connectivity index (χ4n) is 3.14. The van der Waals surface area contributed by atoms with E-state index in [1.165, 1.54) is 0 Å². The van der Waals surface area contributed by atoms with Gasteiger partial charge in [-0.05, 0) is 12.8 Å². The van der Waals surface area contributed by atoms with Gasteiger partial charge in [0.1, 0.15) is 11.5 Å². The van der Waals surface area contributed by atoms with Gasteiger partial charge in [-0.3, -0.25) is 0 Å². The van der Waals surface area contributed by atoms with Crippen molar-refractivity contribution in [1.29, 1.82) is 0 Å². The van der Waals surface area contributed by atoms with Crippen LogP contribution in [0.4, 0.5) is 0 Å². The first-order valence-corrected chi connectivity index (χ1v) is 10.2. The highest BCUT2D eigenvalue weighted by Crippen LogP contribution is 2.42. The van der Waals surface area contributed by atoms with E-state index in [1.54, 1.807) is 0 Å². The molecule has 0 aromatic heterocycles. The molecule has 0 radical (unpaired) electrons. The van der Waals surface area contributed by atoms with Crippen LogP contribution in [0.1, 0.15) is 26.7 Å². The second-order valence-corrected chi connectivity index (χ2v) is 6.77. The van der Waals surface area contributed by atoms with Crippen LogP contribution in [0.3, 0.4) is 0 Å². The zero-order valence-electron chi connectivity index (χ0n) is 17.3. The summed E-state index contributed by atoms with van der Waals surface area (Å²) in [7, 11) is 0. The predicted octanol–water partition coefficient (Wildman–Crippen LogP) is 4.66. The van der Waals surface area contributed by atoms with Gasteiger partial charge in [-0.25, -0.2) is 9.59 Å². The molecule has 0 N–H and O–H groups in total. The van der Waals surface area contributed by atoms with Gasteiger partial charge in [0.2, 0.25) is 0 Å². The van der Waals surface area contributed by atoms with Crippen molar-refractivity contribution in [3.63, 3.8) is 0 Å². The fraction of sp³-hybridized carbons (Fsp3) is 0.333. The highest BCUT2D eigenvalue weighted by Gasteiger charge is 2.18. The minimum Gasteiger partial charge on any atom is -0.481 e. The van der Waals surface area contributed by atoms with Crippen LogP contribution in [-0.4, -0.2) is 38.4 Å². The third-order valence-electron chi connectivity index (χ3n) is 4.44. The Bertz CT molecular complexity index is 888. The highest BCUT2D eigenvalue weighted by atomic mass is 16.6. The molecule has 3 aromatic rings. The van der Waals surface area contributed by atoms with Gasteiger partial charge in [-0.2, -0.15) is 0 Å². The van der Waals surface area contributed by atoms with Gasteiger partial charge in [0.15, 0.2) is 13.2 Å². The monoisotopic (exact) mass is 410 g/mol. The SMILES string of the molecule is CCCOC(=O)COc1c2ccccc2c(OCC(=O)OCCC)c2ccccc12. The summed E-state index contributed by atoms with van der Waals surface area (Å²) < 4.78 is 22.0. The van der Waals surface area contributed by atoms with Crippen LogP contribution in [0.15, 0.2) is 48.5 Å². The number of rotatable bonds is 10. The normalized spacial score (nSPS) is 10.7. The Kier molecular flexibility index (Phi) is 7.49. The van der Waals surface area contributed by atoms with Crippen molar-refractivity contribution < 1.29 is 28.5 Å². The quantitative estimate of drug-likeness (QED) is 0.358. The molecule has 3 rings (SSSR count). The Hall–Kier alpha value is -3.28. The van der Waals surface area contributed by atoms with E-state index in [0.717, 1.165) is 34.4 Å². The highest BCUT2D eigenvalue weighted by molar-refractivity contribution is 6.11. The summed E-state index contributed by atoms with van der Waals surface area (Å²) in [5.41, 5.74) is 0. The molecular weight excluding hydrogens is 384 g/mol. The molecule has 30 heavy (non-hydrogen) atoms. The maximum atomic E-state index is 12.0. The summed E-state index contributed by atoms with van der Waals surface area (Å²) in [6.45, 7) is 4.24. The lowest BCUT2D eigenvalue weighted by molar-refractivity contribution is -0.146. The topological polar surface area (TPSA) is 71.1 Å². The third-order valence-corrected chi connectivity index (χ3v) is 4.44. The Morgan fingerprint density at radius 3 is 1.27 bits per heavy atom. The maximum absolute atomic E-state index is 12.0. The number of carbonyl (C=O) groups is 2. The molecule has 0 aliphatic rings. The number of fused-ring (bicyclic) bond motifs is 2. The van der Waals surface area contributed by atoms with Gasteiger partial charge in [0, 0.05) is 21.5 Å². The number of esters is 2. The summed E-state index contributed by atoms with van der Waals surface area (Å²) >= 11 is 0. The standard InChI is InChI=1S/C24H26O6/c1-3-13-27-21(25)15-29-23-17-9-5-7-11-19(17)24(20-12-8-6-10-18(20)23)30-16-22(26)28-14-4-2/h5-12H,3-4,13-16H2,1-2H3. The average Bonchev–Trinajstić information content (AvgIpc) is 2.78. The van der Waals surface area contributed by atoms with Crippen LogP contribution in [0, 0.1) is 0 Å². The second kappa shape index (κ2) is 10.5. The lowest BCUT2D eigenvalue weighted by atomic mass is 10.0. The van der Waals surface area contributed by atoms with Crippen molar-refractivity contribution in [2.24, 2.45) is 0 Å². The average molecular weight is 410 g/mol. The molecule has 0 heterocycles. The van der Waals surface area contributed by atoms with Crippen LogP contribution in [-0.2, 0) is 19.1 Å². The molecule has 3 aromatic carbocycles. The number of benzene rings is 3. The zero-order valence-corrected chi connectivity index (χ0v) is 17.3. The molecule has 0 unspecified atom stereocenters. The van der Waals surface area contributed by atoms with Crippen LogP contribution in [0.2, 0.25) is 0 Å². The van der Waals surface area contributed by atoms with Crippen molar-refractivity contribution in [2.45, 2.75) is 26.7 Å². The van der Waals surface area contributed by atoms with Gasteiger partial charge in [-0.1, -0.05) is 62.4 Å². The van der Waals surface area contributed by atoms with Crippen LogP contribution >= 0.6 is 0 Å². The lowest BCUT2D eigenvalue weighted by Crippen LogP contribution is -2.16. The molecule has 0 spiro atoms. The van der Waals surface area contributed by atoms with Crippen molar-refractivity contribution in [3.05, 3.63) is 48.5 Å². The molecule has 0 bridgehead atoms. The molecule has 0 fully saturated rings. The molecule has 0 saturated carbocycles. The molecule has 6 heteroatoms. The van der Waals surface area contributed by atoms with Crippen LogP contribution in [0.25, 0.3) is 21.5 Å². The van der Waals surface area contributed by atoms with Crippen LogP contribution in [0.5, 0.6) is 11.5 Å². The Balaban J connectivity index is 1.98. The van der Waals surface area contributed by atoms with Gasteiger partial charge < -0.3 is 18.9 Å². The minimum absolute atomic E-state index is 0.183. The lowest BCUT2D eigenvalue weighted by Gasteiger charge is -2.17. The Labute approximate surface area is 175 Å². The first-order valence-electron chi connectivity index (χ1n) is 10.2. The molecular formula is C24H26O6. The van der Waals surface area contributed by atoms with Gasteiger partial charge in [0.05, 0.1) is 13.2 Å². The largest absolute Gasteiger partial charge is 0.481 e. The molecule has 0 amide bonds. The molecule has 0 saturated heterocycles. The minimum atomic E-state index is -0.413. The van der Waals surface area contributed by atoms with Crippen molar-refractivity contribution in [3.8, 4) is 11.5 Å². The molecule has 6 nitrogen and oxygen atoms in total. The van der Waals surface area contributed by atoms with E-state index in [9.17, 15) is 9.59 Å². The summed E-state index contributed by atoms with van der Waals surface area (Å²) in [6.07, 6.45) is 1.51. The second-order valence-electron chi connectivity index (χ2n) is 6.77. The summed E-state index contributed by atoms with van der Waals surface area (Å²) in [4.78, 5) is 23.9. The number of hydrogen-bond acceptors (Lipinski definition) is 6. The third kappa shape index (κ3) is 5.00. The van der Waals surface area contributed by atoms with E-state index < -0.39 is 11.9 Å². The van der Waals surface area contributed by atoms with E-state index in [1.807, 2.05) is 62.4 Å². The number of ether oxygens (including phenoxy) is 4. The maximum Gasteiger partial charge on any atom is 0.344 e. The van der Waals surface area contributed by atoms with Crippen molar-refractivity contribution >= 4 is 33.5 Å². The van der Waals surface area contributed by atoms with E-state index in [-0.39, 0.29) is 13.2 Å². The fourth-order valence-corrected chi connectivity index (χ4v) is 3.14. The number of carbonyl (C=O) groups excluding carboxylic acids is 2. The smallest absolute Gasteiger partial charge is 0.344 e. The van der Waals surface area contributed by atoms with Crippen LogP contribution < -0.4 is 9.47 Å². The van der Waals surface area contributed by atoms with Gasteiger partial charge >= 0.3 is 11.9 Å². The first-order chi connectivity index (χ1) is 14.7. The summed E-state index contributed by atoms with van der Waals surface area (Å²) in [5, 5.41) is 3.15. The van der Waals surface area contributed by atoms with E-state index in [2.05, 4.69) is 0 Å². The number of hydrogen-bond donors (Lipinski definition) is 0. The van der Waals surface area contributed by atoms with E-state index in [0.29, 0.717) is 24.7 Å². The van der Waals surface area contributed by atoms with E-state index in [4.69, 9.17) is 18.9 Å². The van der Waals surface area contributed by atoms with Crippen molar-refractivity contribution in [2.75, 3.05) is 26.4 Å². The van der Waals surface area contributed by atoms with E-state index >= 15 is 0 Å². The summed E-state index contributed by atoms with van der Waals surface area (Å²) in [6, 6.07) is 15.1. The van der Waals surface area contributed by atoms with Gasteiger partial charge in [0.25, 0.3) is 0 Å². The molecule has 0 aliphatic heterocycles. The molecule has 158 valence electrons. The molecule has 0 aliphatic carbocycles. The van der Waals surface area contributed by atoms with Gasteiger partial charge in [-0.15, -0.1) is 0 Å².